The zero-order chi connectivity index (χ0) is 11.1. The molecule has 1 heterocycles. The van der Waals surface area contributed by atoms with Gasteiger partial charge in [0, 0.05) is 25.7 Å². The average molecular weight is 213 g/mol. The maximum absolute atomic E-state index is 11.7. The van der Waals surface area contributed by atoms with Crippen molar-refractivity contribution < 1.29 is 4.79 Å². The molecule has 1 aliphatic rings. The maximum Gasteiger partial charge on any atom is 0.317 e. The molecule has 0 aliphatic carbocycles. The number of urea groups is 1. The summed E-state index contributed by atoms with van der Waals surface area (Å²) >= 11 is 0. The molecular weight excluding hydrogens is 190 g/mol. The van der Waals surface area contributed by atoms with Crippen LogP contribution in [-0.4, -0.2) is 36.6 Å². The van der Waals surface area contributed by atoms with E-state index in [4.69, 9.17) is 5.73 Å². The van der Waals surface area contributed by atoms with Crippen LogP contribution in [0.4, 0.5) is 4.79 Å². The molecule has 4 heteroatoms. The molecule has 1 atom stereocenters. The number of nitrogens with one attached hydrogen (secondary N) is 1. The van der Waals surface area contributed by atoms with Crippen molar-refractivity contribution in [2.75, 3.05) is 19.6 Å². The lowest BCUT2D eigenvalue weighted by Crippen LogP contribution is -2.46. The summed E-state index contributed by atoms with van der Waals surface area (Å²) in [4.78, 5) is 13.6. The smallest absolute Gasteiger partial charge is 0.317 e. The Balaban J connectivity index is 2.26. The van der Waals surface area contributed by atoms with E-state index in [9.17, 15) is 4.79 Å². The standard InChI is InChI=1S/C11H23N3O/c1-2-3-6-10(9-12)13-11(15)14-7-4-5-8-14/h10H,2-9,12H2,1H3,(H,13,15). The third kappa shape index (κ3) is 4.08. The van der Waals surface area contributed by atoms with Crippen molar-refractivity contribution >= 4 is 6.03 Å². The molecule has 1 aliphatic heterocycles. The Hall–Kier alpha value is -0.770. The van der Waals surface area contributed by atoms with Crippen LogP contribution >= 0.6 is 0 Å². The van der Waals surface area contributed by atoms with E-state index in [0.29, 0.717) is 6.54 Å². The molecule has 0 radical (unpaired) electrons. The minimum atomic E-state index is 0.0686. The van der Waals surface area contributed by atoms with Crippen LogP contribution in [0.2, 0.25) is 0 Å². The van der Waals surface area contributed by atoms with Gasteiger partial charge < -0.3 is 16.0 Å². The Bertz CT molecular complexity index is 190. The number of nitrogens with zero attached hydrogens (tertiary/aromatic N) is 1. The highest BCUT2D eigenvalue weighted by molar-refractivity contribution is 5.74. The Morgan fingerprint density at radius 1 is 1.47 bits per heavy atom. The van der Waals surface area contributed by atoms with Crippen LogP contribution in [0.1, 0.15) is 39.0 Å². The predicted octanol–water partition coefficient (Wildman–Crippen LogP) is 1.31. The van der Waals surface area contributed by atoms with Crippen molar-refractivity contribution in [1.29, 1.82) is 0 Å². The average Bonchev–Trinajstić information content (AvgIpc) is 2.77. The van der Waals surface area contributed by atoms with Gasteiger partial charge in [-0.15, -0.1) is 0 Å². The number of nitrogens with two attached hydrogens (primary N) is 1. The van der Waals surface area contributed by atoms with Crippen molar-refractivity contribution in [2.24, 2.45) is 5.73 Å². The molecular formula is C11H23N3O. The lowest BCUT2D eigenvalue weighted by molar-refractivity contribution is 0.204. The Morgan fingerprint density at radius 2 is 2.13 bits per heavy atom. The highest BCUT2D eigenvalue weighted by Crippen LogP contribution is 2.08. The van der Waals surface area contributed by atoms with Gasteiger partial charge in [-0.25, -0.2) is 4.79 Å². The number of unbranched alkanes of at least 4 members (excludes halogenated alkanes) is 1. The van der Waals surface area contributed by atoms with E-state index in [1.165, 1.54) is 0 Å². The van der Waals surface area contributed by atoms with E-state index in [0.717, 1.165) is 45.2 Å². The molecule has 1 rings (SSSR count). The molecule has 0 bridgehead atoms. The van der Waals surface area contributed by atoms with Crippen molar-refractivity contribution in [3.63, 3.8) is 0 Å². The van der Waals surface area contributed by atoms with E-state index >= 15 is 0 Å². The van der Waals surface area contributed by atoms with E-state index in [-0.39, 0.29) is 12.1 Å². The summed E-state index contributed by atoms with van der Waals surface area (Å²) < 4.78 is 0. The van der Waals surface area contributed by atoms with Gasteiger partial charge in [-0.1, -0.05) is 19.8 Å². The zero-order valence-electron chi connectivity index (χ0n) is 9.67. The third-order valence-corrected chi connectivity index (χ3v) is 2.91. The van der Waals surface area contributed by atoms with Crippen LogP contribution in [0.5, 0.6) is 0 Å². The third-order valence-electron chi connectivity index (χ3n) is 2.91. The first-order valence-corrected chi connectivity index (χ1v) is 6.03. The first-order valence-electron chi connectivity index (χ1n) is 6.03. The Morgan fingerprint density at radius 3 is 2.67 bits per heavy atom. The molecule has 0 saturated carbocycles. The Labute approximate surface area is 92.2 Å². The second-order valence-electron chi connectivity index (χ2n) is 4.22. The number of hydrogen-bond acceptors (Lipinski definition) is 2. The monoisotopic (exact) mass is 213 g/mol. The number of amides is 2. The molecule has 4 nitrogen and oxygen atoms in total. The van der Waals surface area contributed by atoms with Crippen molar-refractivity contribution in [2.45, 2.75) is 45.1 Å². The summed E-state index contributed by atoms with van der Waals surface area (Å²) in [5, 5.41) is 3.01. The summed E-state index contributed by atoms with van der Waals surface area (Å²) in [6, 6.07) is 0.220. The lowest BCUT2D eigenvalue weighted by Gasteiger charge is -2.21. The molecule has 1 unspecified atom stereocenters. The van der Waals surface area contributed by atoms with Crippen molar-refractivity contribution in [1.82, 2.24) is 10.2 Å². The normalized spacial score (nSPS) is 17.9. The predicted molar refractivity (Wildman–Crippen MR) is 61.7 cm³/mol. The molecule has 0 aromatic heterocycles. The molecule has 88 valence electrons. The van der Waals surface area contributed by atoms with Crippen LogP contribution in [-0.2, 0) is 0 Å². The maximum atomic E-state index is 11.7. The van der Waals surface area contributed by atoms with Crippen molar-refractivity contribution in [3.8, 4) is 0 Å². The number of carbonyl (C=O) groups excluding carboxylic acids is 1. The zero-order valence-corrected chi connectivity index (χ0v) is 9.67. The minimum Gasteiger partial charge on any atom is -0.334 e. The molecule has 0 aromatic carbocycles. The van der Waals surface area contributed by atoms with Gasteiger partial charge in [0.25, 0.3) is 0 Å². The van der Waals surface area contributed by atoms with Gasteiger partial charge >= 0.3 is 6.03 Å². The quantitative estimate of drug-likeness (QED) is 0.723. The van der Waals surface area contributed by atoms with Crippen LogP contribution in [0.3, 0.4) is 0 Å². The summed E-state index contributed by atoms with van der Waals surface area (Å²) in [6.07, 6.45) is 5.54. The number of likely N-dealkylation sites (tertiary alicyclic amines) is 1. The van der Waals surface area contributed by atoms with E-state index < -0.39 is 0 Å². The van der Waals surface area contributed by atoms with Gasteiger partial charge in [-0.2, -0.15) is 0 Å². The first kappa shape index (κ1) is 12.3. The van der Waals surface area contributed by atoms with E-state index in [1.807, 2.05) is 4.90 Å². The molecule has 0 spiro atoms. The number of rotatable bonds is 5. The van der Waals surface area contributed by atoms with Crippen LogP contribution in [0.25, 0.3) is 0 Å². The Kier molecular flexibility index (Phi) is 5.47. The fourth-order valence-electron chi connectivity index (χ4n) is 1.89. The molecule has 15 heavy (non-hydrogen) atoms. The lowest BCUT2D eigenvalue weighted by atomic mass is 10.1. The summed E-state index contributed by atoms with van der Waals surface area (Å²) in [6.45, 7) is 4.49. The summed E-state index contributed by atoms with van der Waals surface area (Å²) in [7, 11) is 0. The second kappa shape index (κ2) is 6.67. The van der Waals surface area contributed by atoms with Gasteiger partial charge in [-0.05, 0) is 19.3 Å². The number of hydrogen-bond donors (Lipinski definition) is 2. The van der Waals surface area contributed by atoms with Gasteiger partial charge in [-0.3, -0.25) is 0 Å². The first-order chi connectivity index (χ1) is 7.27. The van der Waals surface area contributed by atoms with E-state index in [1.54, 1.807) is 0 Å². The molecule has 0 aromatic rings. The highest BCUT2D eigenvalue weighted by Gasteiger charge is 2.19. The molecule has 2 amide bonds. The van der Waals surface area contributed by atoms with E-state index in [2.05, 4.69) is 12.2 Å². The van der Waals surface area contributed by atoms with Gasteiger partial charge in [0.15, 0.2) is 0 Å². The van der Waals surface area contributed by atoms with Gasteiger partial charge in [0.1, 0.15) is 0 Å². The second-order valence-corrected chi connectivity index (χ2v) is 4.22. The molecule has 3 N–H and O–H groups in total. The highest BCUT2D eigenvalue weighted by atomic mass is 16.2. The van der Waals surface area contributed by atoms with Gasteiger partial charge in [0.2, 0.25) is 0 Å². The SMILES string of the molecule is CCCCC(CN)NC(=O)N1CCCC1. The fraction of sp³-hybridized carbons (Fsp3) is 0.909. The molecule has 1 fully saturated rings. The van der Waals surface area contributed by atoms with Crippen LogP contribution in [0, 0.1) is 0 Å². The van der Waals surface area contributed by atoms with Gasteiger partial charge in [0.05, 0.1) is 0 Å². The van der Waals surface area contributed by atoms with Crippen LogP contribution in [0.15, 0.2) is 0 Å². The molecule has 1 saturated heterocycles. The number of carbonyl (C=O) groups is 1. The van der Waals surface area contributed by atoms with Crippen LogP contribution < -0.4 is 11.1 Å². The largest absolute Gasteiger partial charge is 0.334 e. The van der Waals surface area contributed by atoms with Crippen molar-refractivity contribution in [3.05, 3.63) is 0 Å². The topological polar surface area (TPSA) is 58.4 Å². The minimum absolute atomic E-state index is 0.0686. The summed E-state index contributed by atoms with van der Waals surface area (Å²) in [5.74, 6) is 0. The summed E-state index contributed by atoms with van der Waals surface area (Å²) in [5.41, 5.74) is 5.63. The fourth-order valence-corrected chi connectivity index (χ4v) is 1.89.